The highest BCUT2D eigenvalue weighted by atomic mass is 16.4. The van der Waals surface area contributed by atoms with E-state index in [1.807, 2.05) is 26.0 Å². The van der Waals surface area contributed by atoms with Gasteiger partial charge in [-0.3, -0.25) is 0 Å². The number of hydrogen-bond acceptors (Lipinski definition) is 7. The van der Waals surface area contributed by atoms with Crippen LogP contribution in [-0.2, 0) is 12.8 Å². The molecule has 34 heavy (non-hydrogen) atoms. The zero-order chi connectivity index (χ0) is 24.0. The molecule has 2 aromatic carbocycles. The second kappa shape index (κ2) is 8.22. The normalized spacial score (nSPS) is 11.6. The minimum atomic E-state index is -1.26. The van der Waals surface area contributed by atoms with E-state index < -0.39 is 17.2 Å². The molecule has 3 heterocycles. The van der Waals surface area contributed by atoms with Crippen molar-refractivity contribution in [3.63, 3.8) is 0 Å². The lowest BCUT2D eigenvalue weighted by Crippen LogP contribution is -2.22. The molecule has 0 unspecified atom stereocenters. The molecule has 0 saturated carbocycles. The average Bonchev–Trinajstić information content (AvgIpc) is 3.37. The molecule has 172 valence electrons. The summed E-state index contributed by atoms with van der Waals surface area (Å²) in [7, 11) is 0. The van der Waals surface area contributed by atoms with Crippen LogP contribution < -0.4 is 11.3 Å². The molecule has 0 bridgehead atoms. The number of aryl methyl sites for hydroxylation is 2. The van der Waals surface area contributed by atoms with Gasteiger partial charge in [0.25, 0.3) is 0 Å². The highest BCUT2D eigenvalue weighted by molar-refractivity contribution is 5.87. The Hall–Kier alpha value is -4.33. The summed E-state index contributed by atoms with van der Waals surface area (Å²) < 4.78 is 11.0. The van der Waals surface area contributed by atoms with Crippen LogP contribution in [0.5, 0.6) is 11.5 Å². The molecule has 0 spiro atoms. The molecular weight excluding hydrogens is 436 g/mol. The molecule has 0 atom stereocenters. The Morgan fingerprint density at radius 2 is 1.35 bits per heavy atom. The van der Waals surface area contributed by atoms with Gasteiger partial charge in [-0.1, -0.05) is 26.0 Å². The number of nitrogens with zero attached hydrogens (tertiary/aromatic N) is 1. The molecule has 3 aromatic heterocycles. The summed E-state index contributed by atoms with van der Waals surface area (Å²) in [6.45, 7) is 3.93. The number of imidazole rings is 1. The van der Waals surface area contributed by atoms with E-state index in [1.165, 1.54) is 12.4 Å². The molecule has 0 aliphatic heterocycles. The molecule has 0 aliphatic rings. The second-order valence-electron chi connectivity index (χ2n) is 8.08. The number of nitrogens with one attached hydrogen (secondary N) is 1. The van der Waals surface area contributed by atoms with Crippen LogP contribution in [0.3, 0.4) is 0 Å². The molecule has 8 heteroatoms. The standard InChI is InChI=1S/C26H22N2O6/c1-3-13-5-7-17-15(11-13)22(29)20(25(31)33-17)19(24-27-9-10-28-24)21-23(30)16-12-14(4-2)6-8-18(16)34-26(21)32/h5-12,19,29-30H,3-4H2,1-2H3,(H,27,28). The van der Waals surface area contributed by atoms with Gasteiger partial charge in [0.05, 0.1) is 27.8 Å². The highest BCUT2D eigenvalue weighted by Crippen LogP contribution is 2.41. The Bertz CT molecular complexity index is 1540. The van der Waals surface area contributed by atoms with Gasteiger partial charge in [-0.05, 0) is 48.2 Å². The van der Waals surface area contributed by atoms with Crippen molar-refractivity contribution in [3.05, 3.63) is 97.7 Å². The van der Waals surface area contributed by atoms with Gasteiger partial charge in [0.1, 0.15) is 28.5 Å². The molecule has 5 aromatic rings. The first-order valence-corrected chi connectivity index (χ1v) is 11.0. The van der Waals surface area contributed by atoms with E-state index in [9.17, 15) is 19.8 Å². The Kier molecular flexibility index (Phi) is 5.20. The van der Waals surface area contributed by atoms with Gasteiger partial charge in [-0.2, -0.15) is 0 Å². The van der Waals surface area contributed by atoms with Crippen LogP contribution in [-0.4, -0.2) is 20.2 Å². The smallest absolute Gasteiger partial charge is 0.344 e. The van der Waals surface area contributed by atoms with Crippen LogP contribution in [0, 0.1) is 0 Å². The van der Waals surface area contributed by atoms with Crippen LogP contribution in [0.25, 0.3) is 21.9 Å². The number of aromatic hydroxyl groups is 2. The van der Waals surface area contributed by atoms with E-state index in [1.54, 1.807) is 24.3 Å². The van der Waals surface area contributed by atoms with Crippen molar-refractivity contribution in [2.24, 2.45) is 0 Å². The van der Waals surface area contributed by atoms with Crippen LogP contribution in [0.2, 0.25) is 0 Å². The first-order valence-electron chi connectivity index (χ1n) is 11.0. The van der Waals surface area contributed by atoms with E-state index >= 15 is 0 Å². The van der Waals surface area contributed by atoms with E-state index in [0.29, 0.717) is 23.6 Å². The molecular formula is C26H22N2O6. The van der Waals surface area contributed by atoms with Crippen LogP contribution in [0.1, 0.15) is 47.8 Å². The first-order chi connectivity index (χ1) is 16.4. The second-order valence-corrected chi connectivity index (χ2v) is 8.08. The number of aromatic amines is 1. The maximum Gasteiger partial charge on any atom is 0.344 e. The van der Waals surface area contributed by atoms with E-state index in [-0.39, 0.29) is 39.6 Å². The predicted molar refractivity (Wildman–Crippen MR) is 127 cm³/mol. The zero-order valence-corrected chi connectivity index (χ0v) is 18.6. The third kappa shape index (κ3) is 3.35. The van der Waals surface area contributed by atoms with Crippen molar-refractivity contribution in [1.82, 2.24) is 9.97 Å². The SMILES string of the molecule is CCc1ccc2oc(=O)c(C(c3ncc[nH]3)c3c(O)c4cc(CC)ccc4oc3=O)c(O)c2c1. The summed E-state index contributed by atoms with van der Waals surface area (Å²) >= 11 is 0. The fourth-order valence-electron chi connectivity index (χ4n) is 4.30. The molecule has 0 radical (unpaired) electrons. The number of H-pyrrole nitrogens is 1. The molecule has 8 nitrogen and oxygen atoms in total. The van der Waals surface area contributed by atoms with Gasteiger partial charge in [0, 0.05) is 12.4 Å². The molecule has 0 saturated heterocycles. The number of rotatable bonds is 5. The van der Waals surface area contributed by atoms with E-state index in [0.717, 1.165) is 11.1 Å². The van der Waals surface area contributed by atoms with Crippen LogP contribution >= 0.6 is 0 Å². The van der Waals surface area contributed by atoms with Crippen molar-refractivity contribution < 1.29 is 19.0 Å². The molecule has 5 rings (SSSR count). The summed E-state index contributed by atoms with van der Waals surface area (Å²) in [6.07, 6.45) is 4.39. The first kappa shape index (κ1) is 21.5. The average molecular weight is 458 g/mol. The minimum absolute atomic E-state index is 0.169. The van der Waals surface area contributed by atoms with Gasteiger partial charge < -0.3 is 24.0 Å². The Labute approximate surface area is 193 Å². The summed E-state index contributed by atoms with van der Waals surface area (Å²) in [5.74, 6) is -1.78. The lowest BCUT2D eigenvalue weighted by molar-refractivity contribution is 0.439. The maximum atomic E-state index is 13.1. The predicted octanol–water partition coefficient (Wildman–Crippen LogP) is 4.34. The lowest BCUT2D eigenvalue weighted by atomic mass is 9.89. The van der Waals surface area contributed by atoms with Gasteiger partial charge in [0.15, 0.2) is 0 Å². The maximum absolute atomic E-state index is 13.1. The van der Waals surface area contributed by atoms with Crippen molar-refractivity contribution in [2.45, 2.75) is 32.6 Å². The largest absolute Gasteiger partial charge is 0.507 e. The van der Waals surface area contributed by atoms with Crippen molar-refractivity contribution in [3.8, 4) is 11.5 Å². The van der Waals surface area contributed by atoms with Crippen molar-refractivity contribution in [1.29, 1.82) is 0 Å². The lowest BCUT2D eigenvalue weighted by Gasteiger charge is -2.18. The molecule has 3 N–H and O–H groups in total. The summed E-state index contributed by atoms with van der Waals surface area (Å²) in [6, 6.07) is 10.3. The summed E-state index contributed by atoms with van der Waals surface area (Å²) in [4.78, 5) is 33.4. The number of benzene rings is 2. The number of aromatic nitrogens is 2. The zero-order valence-electron chi connectivity index (χ0n) is 18.6. The summed E-state index contributed by atoms with van der Waals surface area (Å²) in [5, 5.41) is 23.1. The third-order valence-electron chi connectivity index (χ3n) is 6.14. The summed E-state index contributed by atoms with van der Waals surface area (Å²) in [5.41, 5.74) is 0.143. The van der Waals surface area contributed by atoms with Gasteiger partial charge >= 0.3 is 11.3 Å². The molecule has 0 amide bonds. The fourth-order valence-corrected chi connectivity index (χ4v) is 4.30. The monoisotopic (exact) mass is 458 g/mol. The van der Waals surface area contributed by atoms with Gasteiger partial charge in [0.2, 0.25) is 0 Å². The quantitative estimate of drug-likeness (QED) is 0.334. The van der Waals surface area contributed by atoms with Crippen LogP contribution in [0.4, 0.5) is 0 Å². The van der Waals surface area contributed by atoms with Crippen molar-refractivity contribution in [2.75, 3.05) is 0 Å². The fraction of sp³-hybridized carbons (Fsp3) is 0.192. The Morgan fingerprint density at radius 1 is 0.853 bits per heavy atom. The minimum Gasteiger partial charge on any atom is -0.507 e. The Morgan fingerprint density at radius 3 is 1.76 bits per heavy atom. The van der Waals surface area contributed by atoms with Gasteiger partial charge in [-0.25, -0.2) is 14.6 Å². The van der Waals surface area contributed by atoms with Gasteiger partial charge in [-0.15, -0.1) is 0 Å². The number of fused-ring (bicyclic) bond motifs is 2. The molecule has 0 fully saturated rings. The highest BCUT2D eigenvalue weighted by Gasteiger charge is 2.34. The third-order valence-corrected chi connectivity index (χ3v) is 6.14. The van der Waals surface area contributed by atoms with Crippen molar-refractivity contribution >= 4 is 21.9 Å². The topological polar surface area (TPSA) is 130 Å². The van der Waals surface area contributed by atoms with E-state index in [4.69, 9.17) is 8.83 Å². The van der Waals surface area contributed by atoms with E-state index in [2.05, 4.69) is 9.97 Å². The van der Waals surface area contributed by atoms with Crippen LogP contribution in [0.15, 0.2) is 67.2 Å². The number of hydrogen-bond donors (Lipinski definition) is 3. The Balaban J connectivity index is 1.87. The molecule has 0 aliphatic carbocycles.